The molecule has 0 aliphatic heterocycles. The van der Waals surface area contributed by atoms with E-state index in [1.807, 2.05) is 31.2 Å². The molecule has 0 bridgehead atoms. The highest BCUT2D eigenvalue weighted by molar-refractivity contribution is 5.93. The molecule has 3 nitrogen and oxygen atoms in total. The Morgan fingerprint density at radius 1 is 1.00 bits per heavy atom. The highest BCUT2D eigenvalue weighted by atomic mass is 19.1. The molecule has 1 amide bonds. The lowest BCUT2D eigenvalue weighted by Gasteiger charge is -2.08. The van der Waals surface area contributed by atoms with Gasteiger partial charge in [-0.3, -0.25) is 4.79 Å². The zero-order chi connectivity index (χ0) is 13.7. The predicted octanol–water partition coefficient (Wildman–Crippen LogP) is 3.18. The third-order valence-electron chi connectivity index (χ3n) is 2.63. The Morgan fingerprint density at radius 3 is 2.21 bits per heavy atom. The number of aryl methyl sites for hydroxylation is 1. The fourth-order valence-electron chi connectivity index (χ4n) is 1.59. The van der Waals surface area contributed by atoms with Crippen LogP contribution < -0.4 is 10.6 Å². The van der Waals surface area contributed by atoms with E-state index in [0.29, 0.717) is 5.69 Å². The van der Waals surface area contributed by atoms with Crippen molar-refractivity contribution in [2.75, 3.05) is 17.2 Å². The van der Waals surface area contributed by atoms with Crippen LogP contribution in [-0.2, 0) is 4.79 Å². The van der Waals surface area contributed by atoms with Gasteiger partial charge in [0.2, 0.25) is 5.91 Å². The number of hydrogen-bond acceptors (Lipinski definition) is 2. The van der Waals surface area contributed by atoms with Crippen LogP contribution in [0.3, 0.4) is 0 Å². The molecule has 19 heavy (non-hydrogen) atoms. The van der Waals surface area contributed by atoms with Gasteiger partial charge in [0.1, 0.15) is 5.82 Å². The zero-order valence-electron chi connectivity index (χ0n) is 10.6. The normalized spacial score (nSPS) is 10.0. The molecule has 4 heteroatoms. The molecule has 0 fully saturated rings. The molecule has 0 aliphatic rings. The molecule has 0 saturated heterocycles. The van der Waals surface area contributed by atoms with Gasteiger partial charge in [0, 0.05) is 11.4 Å². The van der Waals surface area contributed by atoms with Gasteiger partial charge in [0.25, 0.3) is 0 Å². The van der Waals surface area contributed by atoms with Crippen molar-refractivity contribution in [3.05, 3.63) is 59.9 Å². The van der Waals surface area contributed by atoms with Crippen LogP contribution in [0, 0.1) is 12.7 Å². The van der Waals surface area contributed by atoms with E-state index >= 15 is 0 Å². The molecular weight excluding hydrogens is 243 g/mol. The van der Waals surface area contributed by atoms with E-state index in [2.05, 4.69) is 10.6 Å². The average molecular weight is 258 g/mol. The van der Waals surface area contributed by atoms with Crippen LogP contribution in [0.15, 0.2) is 48.5 Å². The summed E-state index contributed by atoms with van der Waals surface area (Å²) in [7, 11) is 0. The molecule has 0 saturated carbocycles. The van der Waals surface area contributed by atoms with Gasteiger partial charge >= 0.3 is 0 Å². The van der Waals surface area contributed by atoms with Crippen molar-refractivity contribution < 1.29 is 9.18 Å². The fourth-order valence-corrected chi connectivity index (χ4v) is 1.59. The largest absolute Gasteiger partial charge is 0.376 e. The first-order valence-corrected chi connectivity index (χ1v) is 5.99. The van der Waals surface area contributed by atoms with E-state index in [9.17, 15) is 9.18 Å². The molecule has 0 atom stereocenters. The molecule has 2 aromatic rings. The van der Waals surface area contributed by atoms with Gasteiger partial charge < -0.3 is 10.6 Å². The van der Waals surface area contributed by atoms with Crippen molar-refractivity contribution >= 4 is 17.3 Å². The Morgan fingerprint density at radius 2 is 1.58 bits per heavy atom. The molecule has 0 unspecified atom stereocenters. The van der Waals surface area contributed by atoms with Crippen LogP contribution in [-0.4, -0.2) is 12.5 Å². The summed E-state index contributed by atoms with van der Waals surface area (Å²) < 4.78 is 12.7. The van der Waals surface area contributed by atoms with Crippen LogP contribution in [0.5, 0.6) is 0 Å². The molecule has 0 aromatic heterocycles. The Kier molecular flexibility index (Phi) is 4.13. The minimum atomic E-state index is -0.297. The van der Waals surface area contributed by atoms with Crippen molar-refractivity contribution in [1.82, 2.24) is 0 Å². The van der Waals surface area contributed by atoms with E-state index in [0.717, 1.165) is 11.3 Å². The second-order valence-corrected chi connectivity index (χ2v) is 4.27. The predicted molar refractivity (Wildman–Crippen MR) is 74.7 cm³/mol. The Labute approximate surface area is 111 Å². The second-order valence-electron chi connectivity index (χ2n) is 4.27. The van der Waals surface area contributed by atoms with Crippen molar-refractivity contribution in [2.24, 2.45) is 0 Å². The molecule has 2 rings (SSSR count). The molecular formula is C15H15FN2O. The van der Waals surface area contributed by atoms with Gasteiger partial charge in [-0.15, -0.1) is 0 Å². The van der Waals surface area contributed by atoms with E-state index in [4.69, 9.17) is 0 Å². The number of carbonyl (C=O) groups is 1. The molecule has 98 valence electrons. The summed E-state index contributed by atoms with van der Waals surface area (Å²) in [5.41, 5.74) is 2.61. The maximum atomic E-state index is 12.7. The molecule has 2 N–H and O–H groups in total. The number of rotatable bonds is 4. The summed E-state index contributed by atoms with van der Waals surface area (Å²) in [6, 6.07) is 13.5. The minimum Gasteiger partial charge on any atom is -0.376 e. The number of carbonyl (C=O) groups excluding carboxylic acids is 1. The van der Waals surface area contributed by atoms with E-state index < -0.39 is 0 Å². The minimum absolute atomic E-state index is 0.138. The monoisotopic (exact) mass is 258 g/mol. The van der Waals surface area contributed by atoms with Gasteiger partial charge in [-0.05, 0) is 43.3 Å². The van der Waals surface area contributed by atoms with Crippen molar-refractivity contribution in [2.45, 2.75) is 6.92 Å². The molecule has 0 aliphatic carbocycles. The van der Waals surface area contributed by atoms with Gasteiger partial charge in [-0.25, -0.2) is 4.39 Å². The van der Waals surface area contributed by atoms with Crippen molar-refractivity contribution in [1.29, 1.82) is 0 Å². The number of nitrogens with one attached hydrogen (secondary N) is 2. The van der Waals surface area contributed by atoms with Gasteiger partial charge in [-0.2, -0.15) is 0 Å². The summed E-state index contributed by atoms with van der Waals surface area (Å²) >= 11 is 0. The fraction of sp³-hybridized carbons (Fsp3) is 0.133. The summed E-state index contributed by atoms with van der Waals surface area (Å²) in [6.45, 7) is 2.13. The van der Waals surface area contributed by atoms with Crippen LogP contribution in [0.1, 0.15) is 5.56 Å². The smallest absolute Gasteiger partial charge is 0.243 e. The first-order valence-electron chi connectivity index (χ1n) is 5.99. The maximum Gasteiger partial charge on any atom is 0.243 e. The van der Waals surface area contributed by atoms with E-state index in [1.165, 1.54) is 12.1 Å². The highest BCUT2D eigenvalue weighted by Gasteiger charge is 2.02. The SMILES string of the molecule is Cc1ccc(NC(=O)CNc2ccc(F)cc2)cc1. The molecule has 0 heterocycles. The number of anilines is 2. The lowest BCUT2D eigenvalue weighted by Crippen LogP contribution is -2.21. The average Bonchev–Trinajstić information content (AvgIpc) is 2.41. The van der Waals surface area contributed by atoms with Gasteiger partial charge in [0.15, 0.2) is 0 Å². The van der Waals surface area contributed by atoms with Crippen LogP contribution in [0.4, 0.5) is 15.8 Å². The summed E-state index contributed by atoms with van der Waals surface area (Å²) in [5, 5.41) is 5.70. The van der Waals surface area contributed by atoms with Crippen LogP contribution >= 0.6 is 0 Å². The number of benzene rings is 2. The summed E-state index contributed by atoms with van der Waals surface area (Å²) in [4.78, 5) is 11.7. The van der Waals surface area contributed by atoms with E-state index in [-0.39, 0.29) is 18.3 Å². The number of hydrogen-bond donors (Lipinski definition) is 2. The Hall–Kier alpha value is -2.36. The third kappa shape index (κ3) is 4.10. The van der Waals surface area contributed by atoms with Crippen molar-refractivity contribution in [3.63, 3.8) is 0 Å². The number of amides is 1. The third-order valence-corrected chi connectivity index (χ3v) is 2.63. The first-order chi connectivity index (χ1) is 9.13. The zero-order valence-corrected chi connectivity index (χ0v) is 10.6. The topological polar surface area (TPSA) is 41.1 Å². The molecule has 2 aromatic carbocycles. The quantitative estimate of drug-likeness (QED) is 0.884. The first kappa shape index (κ1) is 13.1. The Bertz CT molecular complexity index is 549. The Balaban J connectivity index is 1.84. The second kappa shape index (κ2) is 6.00. The highest BCUT2D eigenvalue weighted by Crippen LogP contribution is 2.10. The van der Waals surface area contributed by atoms with E-state index in [1.54, 1.807) is 12.1 Å². The van der Waals surface area contributed by atoms with Gasteiger partial charge in [0.05, 0.1) is 6.54 Å². The number of halogens is 1. The van der Waals surface area contributed by atoms with Crippen LogP contribution in [0.25, 0.3) is 0 Å². The molecule has 0 radical (unpaired) electrons. The lowest BCUT2D eigenvalue weighted by molar-refractivity contribution is -0.114. The standard InChI is InChI=1S/C15H15FN2O/c1-11-2-6-14(7-3-11)18-15(19)10-17-13-8-4-12(16)5-9-13/h2-9,17H,10H2,1H3,(H,18,19). The summed E-state index contributed by atoms with van der Waals surface area (Å²) in [5.74, 6) is -0.442. The molecule has 0 spiro atoms. The van der Waals surface area contributed by atoms with Crippen molar-refractivity contribution in [3.8, 4) is 0 Å². The maximum absolute atomic E-state index is 12.7. The lowest BCUT2D eigenvalue weighted by atomic mass is 10.2. The summed E-state index contributed by atoms with van der Waals surface area (Å²) in [6.07, 6.45) is 0. The van der Waals surface area contributed by atoms with Gasteiger partial charge in [-0.1, -0.05) is 17.7 Å². The van der Waals surface area contributed by atoms with Crippen LogP contribution in [0.2, 0.25) is 0 Å².